The molecule has 0 radical (unpaired) electrons. The molecular weight excluding hydrogens is 556 g/mol. The number of sulfonamides is 1. The molecular formula is C27H31F2N7O4S. The molecule has 2 fully saturated rings. The number of aryl methyl sites for hydroxylation is 1. The molecule has 14 heteroatoms. The maximum atomic E-state index is 13.8. The number of fused-ring (bicyclic) bond motifs is 2. The van der Waals surface area contributed by atoms with Gasteiger partial charge in [0.2, 0.25) is 10.0 Å². The van der Waals surface area contributed by atoms with E-state index < -0.39 is 16.6 Å². The molecule has 1 N–H and O–H groups in total. The van der Waals surface area contributed by atoms with Crippen LogP contribution in [-0.4, -0.2) is 84.3 Å². The van der Waals surface area contributed by atoms with Gasteiger partial charge >= 0.3 is 6.55 Å². The molecule has 5 heterocycles. The summed E-state index contributed by atoms with van der Waals surface area (Å²) in [6, 6.07) is 8.24. The van der Waals surface area contributed by atoms with Crippen molar-refractivity contribution >= 4 is 38.4 Å². The summed E-state index contributed by atoms with van der Waals surface area (Å²) >= 11 is 0. The molecule has 4 aromatic rings. The normalized spacial score (nSPS) is 16.2. The number of hydrogen-bond acceptors (Lipinski definition) is 7. The van der Waals surface area contributed by atoms with Crippen molar-refractivity contribution in [2.24, 2.45) is 5.92 Å². The topological polar surface area (TPSA) is 114 Å². The van der Waals surface area contributed by atoms with Crippen molar-refractivity contribution in [2.45, 2.75) is 32.9 Å². The fourth-order valence-corrected chi connectivity index (χ4v) is 6.17. The lowest BCUT2D eigenvalue weighted by molar-refractivity contribution is 0.0735. The van der Waals surface area contributed by atoms with E-state index in [1.165, 1.54) is 6.07 Å². The van der Waals surface area contributed by atoms with Crippen molar-refractivity contribution in [3.63, 3.8) is 0 Å². The lowest BCUT2D eigenvalue weighted by Crippen LogP contribution is -2.46. The highest BCUT2D eigenvalue weighted by atomic mass is 32.2. The fraction of sp³-hybridized carbons (Fsp3) is 0.444. The molecule has 4 aromatic heterocycles. The number of piperazine rings is 1. The maximum Gasteiger partial charge on any atom is 0.329 e. The summed E-state index contributed by atoms with van der Waals surface area (Å²) in [6.45, 7) is 1.91. The van der Waals surface area contributed by atoms with Gasteiger partial charge in [0.25, 0.3) is 5.91 Å². The Balaban J connectivity index is 1.50. The largest absolute Gasteiger partial charge is 0.482 e. The molecule has 0 atom stereocenters. The number of methoxy groups -OCH3 is 1. The molecule has 0 bridgehead atoms. The van der Waals surface area contributed by atoms with E-state index in [4.69, 9.17) is 9.72 Å². The molecule has 1 amide bonds. The van der Waals surface area contributed by atoms with Crippen LogP contribution in [0.1, 0.15) is 28.9 Å². The average molecular weight is 588 g/mol. The Morgan fingerprint density at radius 1 is 1.17 bits per heavy atom. The van der Waals surface area contributed by atoms with Gasteiger partial charge in [0.05, 0.1) is 24.8 Å². The second kappa shape index (κ2) is 10.2. The van der Waals surface area contributed by atoms with Crippen molar-refractivity contribution in [3.8, 4) is 17.3 Å². The zero-order chi connectivity index (χ0) is 29.1. The lowest BCUT2D eigenvalue weighted by atomic mass is 10.2. The van der Waals surface area contributed by atoms with Gasteiger partial charge in [-0.25, -0.2) is 18.4 Å². The second-order valence-electron chi connectivity index (χ2n) is 10.6. The first-order valence-electron chi connectivity index (χ1n) is 13.4. The quantitative estimate of drug-likeness (QED) is 0.315. The van der Waals surface area contributed by atoms with Crippen LogP contribution in [0.5, 0.6) is 5.88 Å². The molecule has 0 unspecified atom stereocenters. The molecule has 1 aliphatic carbocycles. The molecule has 1 saturated heterocycles. The van der Waals surface area contributed by atoms with Crippen LogP contribution < -0.4 is 14.4 Å². The molecule has 1 aliphatic heterocycles. The zero-order valence-corrected chi connectivity index (χ0v) is 23.8. The Kier molecular flexibility index (Phi) is 6.85. The van der Waals surface area contributed by atoms with E-state index in [1.807, 2.05) is 22.0 Å². The number of halogens is 2. The fourth-order valence-electron chi connectivity index (χ4n) is 5.44. The number of carbonyl (C=O) groups is 1. The molecule has 0 spiro atoms. The van der Waals surface area contributed by atoms with Crippen LogP contribution in [0.15, 0.2) is 30.3 Å². The van der Waals surface area contributed by atoms with Crippen LogP contribution in [0.2, 0.25) is 0 Å². The van der Waals surface area contributed by atoms with Crippen molar-refractivity contribution in [2.75, 3.05) is 43.8 Å². The van der Waals surface area contributed by atoms with E-state index in [-0.39, 0.29) is 16.0 Å². The van der Waals surface area contributed by atoms with Gasteiger partial charge in [0, 0.05) is 49.7 Å². The van der Waals surface area contributed by atoms with Gasteiger partial charge in [-0.2, -0.15) is 13.1 Å². The van der Waals surface area contributed by atoms with Gasteiger partial charge in [0.15, 0.2) is 5.88 Å². The van der Waals surface area contributed by atoms with E-state index in [9.17, 15) is 22.0 Å². The van der Waals surface area contributed by atoms with E-state index in [1.54, 1.807) is 30.2 Å². The molecule has 41 heavy (non-hydrogen) atoms. The van der Waals surface area contributed by atoms with Gasteiger partial charge in [-0.3, -0.25) is 9.20 Å². The predicted octanol–water partition coefficient (Wildman–Crippen LogP) is 3.11. The van der Waals surface area contributed by atoms with Crippen LogP contribution >= 0.6 is 0 Å². The summed E-state index contributed by atoms with van der Waals surface area (Å²) in [5.74, 6) is 0.416. The molecule has 218 valence electrons. The van der Waals surface area contributed by atoms with Crippen molar-refractivity contribution in [3.05, 3.63) is 41.6 Å². The molecule has 11 nitrogen and oxygen atoms in total. The Labute approximate surface area is 235 Å². The molecule has 1 saturated carbocycles. The first-order valence-corrected chi connectivity index (χ1v) is 15.3. The Bertz CT molecular complexity index is 1760. The number of anilines is 1. The minimum atomic E-state index is -4.26. The van der Waals surface area contributed by atoms with Gasteiger partial charge in [0.1, 0.15) is 22.8 Å². The third kappa shape index (κ3) is 4.99. The van der Waals surface area contributed by atoms with Gasteiger partial charge < -0.3 is 19.5 Å². The van der Waals surface area contributed by atoms with E-state index >= 15 is 0 Å². The van der Waals surface area contributed by atoms with Gasteiger partial charge in [-0.15, -0.1) is 0 Å². The number of ether oxygens (including phenoxy) is 1. The number of aromatic nitrogens is 4. The first-order chi connectivity index (χ1) is 19.6. The highest BCUT2D eigenvalue weighted by Gasteiger charge is 2.31. The SMILES string of the molecule is COc1cc(C(=O)N2CCNCC2)cc2nc(-c3cc4ccc(N(C(F)F)S(C)(=O)=O)nc4n3CC3CC3)c(C)n12. The summed E-state index contributed by atoms with van der Waals surface area (Å²) in [7, 11) is -2.72. The van der Waals surface area contributed by atoms with Crippen LogP contribution in [0, 0.1) is 12.8 Å². The zero-order valence-electron chi connectivity index (χ0n) is 23.0. The Morgan fingerprint density at radius 3 is 2.54 bits per heavy atom. The number of nitrogens with one attached hydrogen (secondary N) is 1. The number of pyridine rings is 2. The van der Waals surface area contributed by atoms with Crippen LogP contribution in [0.3, 0.4) is 0 Å². The third-order valence-electron chi connectivity index (χ3n) is 7.65. The number of carbonyl (C=O) groups excluding carboxylic acids is 1. The van der Waals surface area contributed by atoms with Crippen molar-refractivity contribution in [1.29, 1.82) is 0 Å². The Hall–Kier alpha value is -3.78. The maximum absolute atomic E-state index is 13.8. The van der Waals surface area contributed by atoms with E-state index in [0.29, 0.717) is 59.4 Å². The second-order valence-corrected chi connectivity index (χ2v) is 12.4. The predicted molar refractivity (Wildman–Crippen MR) is 150 cm³/mol. The smallest absolute Gasteiger partial charge is 0.329 e. The minimum absolute atomic E-state index is 0.0263. The highest BCUT2D eigenvalue weighted by molar-refractivity contribution is 7.92. The third-order valence-corrected chi connectivity index (χ3v) is 8.71. The molecule has 6 rings (SSSR count). The standard InChI is InChI=1S/C27H31F2N7O4S/c1-16-24(31-22-13-19(14-23(40-2)35(16)22)26(37)33-10-8-30-9-11-33)20-12-18-6-7-21(36(27(28)29)41(3,38)39)32-25(18)34(20)15-17-4-5-17/h6-7,12-14,17,27,30H,4-5,8-11,15H2,1-3H3. The number of nitrogens with zero attached hydrogens (tertiary/aromatic N) is 6. The first kappa shape index (κ1) is 27.4. The lowest BCUT2D eigenvalue weighted by Gasteiger charge is -2.27. The highest BCUT2D eigenvalue weighted by Crippen LogP contribution is 2.38. The molecule has 0 aromatic carbocycles. The average Bonchev–Trinajstić information content (AvgIpc) is 3.61. The van der Waals surface area contributed by atoms with Crippen LogP contribution in [0.4, 0.5) is 14.6 Å². The van der Waals surface area contributed by atoms with Crippen LogP contribution in [0.25, 0.3) is 28.1 Å². The summed E-state index contributed by atoms with van der Waals surface area (Å²) in [4.78, 5) is 24.4. The number of rotatable bonds is 8. The molecule has 2 aliphatic rings. The number of hydrogen-bond donors (Lipinski definition) is 1. The van der Waals surface area contributed by atoms with Gasteiger partial charge in [-0.05, 0) is 49.9 Å². The summed E-state index contributed by atoms with van der Waals surface area (Å²) in [6.07, 6.45) is 2.79. The Morgan fingerprint density at radius 2 is 1.90 bits per heavy atom. The number of amides is 1. The minimum Gasteiger partial charge on any atom is -0.482 e. The summed E-state index contributed by atoms with van der Waals surface area (Å²) < 4.78 is 61.3. The number of imidazole rings is 1. The monoisotopic (exact) mass is 587 g/mol. The van der Waals surface area contributed by atoms with Crippen LogP contribution in [-0.2, 0) is 16.6 Å². The van der Waals surface area contributed by atoms with Crippen molar-refractivity contribution < 1.29 is 26.7 Å². The van der Waals surface area contributed by atoms with E-state index in [2.05, 4.69) is 10.3 Å². The van der Waals surface area contributed by atoms with E-state index in [0.717, 1.165) is 43.6 Å². The number of alkyl halides is 2. The van der Waals surface area contributed by atoms with Gasteiger partial charge in [-0.1, -0.05) is 0 Å². The summed E-state index contributed by atoms with van der Waals surface area (Å²) in [5, 5.41) is 3.92. The summed E-state index contributed by atoms with van der Waals surface area (Å²) in [5.41, 5.74) is 3.53. The van der Waals surface area contributed by atoms with Crippen molar-refractivity contribution in [1.82, 2.24) is 29.2 Å².